The first-order valence-corrected chi connectivity index (χ1v) is 12.2. The normalized spacial score (nSPS) is 14.9. The zero-order chi connectivity index (χ0) is 17.0. The van der Waals surface area contributed by atoms with E-state index < -0.39 is 8.07 Å². The van der Waals surface area contributed by atoms with Crippen molar-refractivity contribution in [1.29, 1.82) is 0 Å². The fourth-order valence-electron chi connectivity index (χ4n) is 3.03. The van der Waals surface area contributed by atoms with Gasteiger partial charge in [0, 0.05) is 37.9 Å². The molecule has 0 radical (unpaired) electrons. The Morgan fingerprint density at radius 1 is 1.17 bits per heavy atom. The molecule has 0 spiro atoms. The summed E-state index contributed by atoms with van der Waals surface area (Å²) >= 11 is 0. The third kappa shape index (κ3) is 4.28. The molecule has 2 rings (SSSR count). The van der Waals surface area contributed by atoms with E-state index in [1.165, 1.54) is 23.7 Å². The van der Waals surface area contributed by atoms with Gasteiger partial charge in [-0.3, -0.25) is 0 Å². The van der Waals surface area contributed by atoms with Gasteiger partial charge in [0.1, 0.15) is 5.75 Å². The Morgan fingerprint density at radius 2 is 1.78 bits per heavy atom. The van der Waals surface area contributed by atoms with E-state index in [-0.39, 0.29) is 6.09 Å². The highest BCUT2D eigenvalue weighted by Crippen LogP contribution is 2.26. The number of carbonyl (C=O) groups excluding carboxylic acids is 1. The Hall–Kier alpha value is -1.49. The lowest BCUT2D eigenvalue weighted by molar-refractivity contribution is 0.157. The van der Waals surface area contributed by atoms with E-state index in [0.717, 1.165) is 18.8 Å². The van der Waals surface area contributed by atoms with Crippen molar-refractivity contribution < 1.29 is 9.53 Å². The van der Waals surface area contributed by atoms with Crippen LogP contribution in [0.4, 0.5) is 10.5 Å². The summed E-state index contributed by atoms with van der Waals surface area (Å²) in [5.41, 5.74) is 1.17. The van der Waals surface area contributed by atoms with Crippen LogP contribution in [-0.4, -0.2) is 45.2 Å². The standard InChI is InChI=1S/C18H30N2O2Si/c1-6-19(7-2)18(21)22-16-14-15(20-12-8-9-13-20)10-11-17(16)23(3,4)5/h10-11,14H,6-9,12-13H2,1-5H3. The molecule has 0 bridgehead atoms. The van der Waals surface area contributed by atoms with Gasteiger partial charge in [0.05, 0.1) is 8.07 Å². The molecule has 0 unspecified atom stereocenters. The van der Waals surface area contributed by atoms with E-state index in [2.05, 4.69) is 42.7 Å². The first-order valence-electron chi connectivity index (χ1n) is 8.73. The first-order chi connectivity index (χ1) is 10.9. The fourth-order valence-corrected chi connectivity index (χ4v) is 4.47. The lowest BCUT2D eigenvalue weighted by Gasteiger charge is -2.26. The van der Waals surface area contributed by atoms with Crippen LogP contribution in [0.3, 0.4) is 0 Å². The van der Waals surface area contributed by atoms with Gasteiger partial charge in [0.2, 0.25) is 0 Å². The number of benzene rings is 1. The summed E-state index contributed by atoms with van der Waals surface area (Å²) in [5, 5.41) is 1.21. The van der Waals surface area contributed by atoms with Crippen molar-refractivity contribution in [1.82, 2.24) is 4.90 Å². The van der Waals surface area contributed by atoms with Gasteiger partial charge >= 0.3 is 6.09 Å². The van der Waals surface area contributed by atoms with E-state index in [0.29, 0.717) is 13.1 Å². The van der Waals surface area contributed by atoms with Gasteiger partial charge in [0.25, 0.3) is 0 Å². The van der Waals surface area contributed by atoms with Crippen molar-refractivity contribution in [2.45, 2.75) is 46.3 Å². The maximum Gasteiger partial charge on any atom is 0.415 e. The first kappa shape index (κ1) is 17.9. The van der Waals surface area contributed by atoms with Gasteiger partial charge in [-0.1, -0.05) is 25.7 Å². The number of hydrogen-bond acceptors (Lipinski definition) is 3. The summed E-state index contributed by atoms with van der Waals surface area (Å²) in [6.07, 6.45) is 2.24. The molecule has 1 aliphatic heterocycles. The minimum absolute atomic E-state index is 0.243. The Balaban J connectivity index is 2.32. The van der Waals surface area contributed by atoms with Gasteiger partial charge < -0.3 is 14.5 Å². The number of amides is 1. The van der Waals surface area contributed by atoms with Crippen molar-refractivity contribution in [2.75, 3.05) is 31.1 Å². The molecule has 1 aromatic carbocycles. The minimum atomic E-state index is -1.58. The highest BCUT2D eigenvalue weighted by atomic mass is 28.3. The molecule has 1 aliphatic rings. The second-order valence-corrected chi connectivity index (χ2v) is 12.2. The van der Waals surface area contributed by atoms with Crippen molar-refractivity contribution in [3.8, 4) is 5.75 Å². The molecule has 1 aromatic rings. The average molecular weight is 335 g/mol. The lowest BCUT2D eigenvalue weighted by Crippen LogP contribution is -2.41. The fraction of sp³-hybridized carbons (Fsp3) is 0.611. The number of ether oxygens (including phenoxy) is 1. The average Bonchev–Trinajstić information content (AvgIpc) is 3.01. The van der Waals surface area contributed by atoms with Crippen molar-refractivity contribution >= 4 is 25.0 Å². The van der Waals surface area contributed by atoms with Crippen LogP contribution in [0.5, 0.6) is 5.75 Å². The van der Waals surface area contributed by atoms with E-state index >= 15 is 0 Å². The van der Waals surface area contributed by atoms with Gasteiger partial charge in [0.15, 0.2) is 0 Å². The summed E-state index contributed by atoms with van der Waals surface area (Å²) in [5.74, 6) is 0.755. The van der Waals surface area contributed by atoms with Crippen LogP contribution in [-0.2, 0) is 0 Å². The lowest BCUT2D eigenvalue weighted by atomic mass is 10.2. The van der Waals surface area contributed by atoms with E-state index in [1.54, 1.807) is 4.90 Å². The Labute approximate surface area is 141 Å². The summed E-state index contributed by atoms with van der Waals surface area (Å²) in [6, 6.07) is 6.43. The number of hydrogen-bond donors (Lipinski definition) is 0. The quantitative estimate of drug-likeness (QED) is 0.770. The summed E-state index contributed by atoms with van der Waals surface area (Å²) in [6.45, 7) is 14.3. The smallest absolute Gasteiger partial charge is 0.410 e. The molecule has 0 N–H and O–H groups in total. The van der Waals surface area contributed by atoms with Crippen molar-refractivity contribution in [2.24, 2.45) is 0 Å². The Kier molecular flexibility index (Phi) is 5.73. The van der Waals surface area contributed by atoms with Crippen LogP contribution >= 0.6 is 0 Å². The van der Waals surface area contributed by atoms with Gasteiger partial charge in [-0.2, -0.15) is 0 Å². The van der Waals surface area contributed by atoms with Crippen molar-refractivity contribution in [3.63, 3.8) is 0 Å². The minimum Gasteiger partial charge on any atom is -0.410 e. The molecule has 128 valence electrons. The predicted octanol–water partition coefficient (Wildman–Crippen LogP) is 3.67. The van der Waals surface area contributed by atoms with Crippen LogP contribution in [0.25, 0.3) is 0 Å². The summed E-state index contributed by atoms with van der Waals surface area (Å²) < 4.78 is 5.81. The van der Waals surface area contributed by atoms with Crippen molar-refractivity contribution in [3.05, 3.63) is 18.2 Å². The summed E-state index contributed by atoms with van der Waals surface area (Å²) in [4.78, 5) is 16.5. The third-order valence-electron chi connectivity index (χ3n) is 4.46. The van der Waals surface area contributed by atoms with E-state index in [4.69, 9.17) is 4.74 Å². The monoisotopic (exact) mass is 334 g/mol. The number of anilines is 1. The maximum absolute atomic E-state index is 12.4. The van der Waals surface area contributed by atoms with Crippen LogP contribution in [0.1, 0.15) is 26.7 Å². The molecule has 0 aromatic heterocycles. The predicted molar refractivity (Wildman–Crippen MR) is 99.8 cm³/mol. The zero-order valence-corrected chi connectivity index (χ0v) is 16.2. The number of rotatable bonds is 5. The molecule has 4 nitrogen and oxygen atoms in total. The largest absolute Gasteiger partial charge is 0.415 e. The molecule has 5 heteroatoms. The van der Waals surface area contributed by atoms with Gasteiger partial charge in [-0.25, -0.2) is 4.79 Å². The van der Waals surface area contributed by atoms with E-state index in [9.17, 15) is 4.79 Å². The highest BCUT2D eigenvalue weighted by Gasteiger charge is 2.25. The molecule has 1 fully saturated rings. The molecule has 0 saturated carbocycles. The molecular weight excluding hydrogens is 304 g/mol. The molecule has 23 heavy (non-hydrogen) atoms. The summed E-state index contributed by atoms with van der Waals surface area (Å²) in [7, 11) is -1.58. The van der Waals surface area contributed by atoms with Crippen LogP contribution in [0, 0.1) is 0 Å². The van der Waals surface area contributed by atoms with Gasteiger partial charge in [-0.15, -0.1) is 0 Å². The second kappa shape index (κ2) is 7.38. The molecule has 1 heterocycles. The Morgan fingerprint density at radius 3 is 2.30 bits per heavy atom. The molecule has 0 atom stereocenters. The molecule has 1 saturated heterocycles. The SMILES string of the molecule is CCN(CC)C(=O)Oc1cc(N2CCCC2)ccc1[Si](C)(C)C. The molecular formula is C18H30N2O2Si. The van der Waals surface area contributed by atoms with Crippen LogP contribution in [0.2, 0.25) is 19.6 Å². The van der Waals surface area contributed by atoms with Gasteiger partial charge in [-0.05, 0) is 37.9 Å². The van der Waals surface area contributed by atoms with Crippen LogP contribution in [0.15, 0.2) is 18.2 Å². The number of carbonyl (C=O) groups is 1. The molecule has 0 aliphatic carbocycles. The van der Waals surface area contributed by atoms with Crippen LogP contribution < -0.4 is 14.8 Å². The second-order valence-electron chi connectivity index (χ2n) is 7.16. The third-order valence-corrected chi connectivity index (χ3v) is 6.49. The number of nitrogens with zero attached hydrogens (tertiary/aromatic N) is 2. The highest BCUT2D eigenvalue weighted by molar-refractivity contribution is 6.89. The van der Waals surface area contributed by atoms with E-state index in [1.807, 2.05) is 13.8 Å². The maximum atomic E-state index is 12.4. The Bertz CT molecular complexity index is 544. The topological polar surface area (TPSA) is 32.8 Å². The molecule has 1 amide bonds. The zero-order valence-electron chi connectivity index (χ0n) is 15.2.